The van der Waals surface area contributed by atoms with E-state index in [1.807, 2.05) is 10.1 Å². The molecule has 0 bridgehead atoms. The van der Waals surface area contributed by atoms with Crippen molar-refractivity contribution in [3.63, 3.8) is 0 Å². The van der Waals surface area contributed by atoms with Crippen LogP contribution in [0.3, 0.4) is 0 Å². The number of phenols is 1. The molecule has 1 aromatic heterocycles. The molecule has 0 aliphatic carbocycles. The van der Waals surface area contributed by atoms with Gasteiger partial charge < -0.3 is 10.4 Å². The molecule has 0 radical (unpaired) electrons. The van der Waals surface area contributed by atoms with Gasteiger partial charge in [0, 0.05) is 10.0 Å². The number of rotatable bonds is 5. The largest absolute Gasteiger partial charge is 0.506 e. The number of aromatic amines is 2. The molecule has 12 heteroatoms. The summed E-state index contributed by atoms with van der Waals surface area (Å²) in [5, 5.41) is 21.7. The van der Waals surface area contributed by atoms with Crippen LogP contribution in [0.5, 0.6) is 5.75 Å². The smallest absolute Gasteiger partial charge is 0.342 e. The number of hydrogen-bond acceptors (Lipinski definition) is 7. The Balaban J connectivity index is 2.02. The number of aromatic hydroxyl groups is 1. The van der Waals surface area contributed by atoms with Crippen LogP contribution < -0.4 is 22.0 Å². The van der Waals surface area contributed by atoms with Crippen LogP contribution in [0, 0.1) is 0 Å². The van der Waals surface area contributed by atoms with Gasteiger partial charge in [-0.2, -0.15) is 5.10 Å². The van der Waals surface area contributed by atoms with E-state index in [2.05, 4.69) is 52.8 Å². The summed E-state index contributed by atoms with van der Waals surface area (Å²) in [6.07, 6.45) is 1.26. The molecule has 132 valence electrons. The summed E-state index contributed by atoms with van der Waals surface area (Å²) in [5.74, 6) is -0.798. The van der Waals surface area contributed by atoms with E-state index in [0.29, 0.717) is 14.5 Å². The van der Waals surface area contributed by atoms with Crippen molar-refractivity contribution in [2.45, 2.75) is 13.0 Å². The third kappa shape index (κ3) is 5.00. The Morgan fingerprint density at radius 1 is 1.40 bits per heavy atom. The maximum atomic E-state index is 12.0. The molecule has 2 aromatic rings. The Morgan fingerprint density at radius 3 is 2.80 bits per heavy atom. The van der Waals surface area contributed by atoms with Crippen molar-refractivity contribution in [3.8, 4) is 5.75 Å². The number of anilines is 1. The average Bonchev–Trinajstić information content (AvgIpc) is 2.54. The Kier molecular flexibility index (Phi) is 6.09. The predicted molar refractivity (Wildman–Crippen MR) is 97.8 cm³/mol. The molecule has 1 amide bonds. The van der Waals surface area contributed by atoms with Gasteiger partial charge in [-0.25, -0.2) is 15.3 Å². The fraction of sp³-hybridized carbons (Fsp3) is 0.154. The van der Waals surface area contributed by atoms with Crippen LogP contribution in [0.25, 0.3) is 0 Å². The lowest BCUT2D eigenvalue weighted by Gasteiger charge is -2.11. The zero-order valence-electron chi connectivity index (χ0n) is 12.6. The molecule has 5 N–H and O–H groups in total. The molecule has 0 saturated carbocycles. The summed E-state index contributed by atoms with van der Waals surface area (Å²) in [7, 11) is 0. The second-order valence-electron chi connectivity index (χ2n) is 4.78. The van der Waals surface area contributed by atoms with Crippen LogP contribution in [-0.4, -0.2) is 38.5 Å². The Morgan fingerprint density at radius 2 is 2.12 bits per heavy atom. The number of nitrogens with zero attached hydrogens (tertiary/aromatic N) is 2. The standard InChI is InChI=1S/C13H12Br2N6O4/c1-5(17-10-12(24)18-13(25)21-19-10)11(23)20-16-4-6-2-7(14)3-8(15)9(6)22/h2-5,22H,1H3,(H,17,19)(H,20,23)(H2,18,21,24,25)/b16-4+. The first kappa shape index (κ1) is 18.9. The second kappa shape index (κ2) is 8.07. The highest BCUT2D eigenvalue weighted by Gasteiger charge is 2.14. The molecular formula is C13H12Br2N6O4. The third-order valence-electron chi connectivity index (χ3n) is 2.89. The Labute approximate surface area is 157 Å². The number of hydrogen-bond donors (Lipinski definition) is 5. The van der Waals surface area contributed by atoms with E-state index in [-0.39, 0.29) is 11.6 Å². The van der Waals surface area contributed by atoms with Gasteiger partial charge in [0.1, 0.15) is 11.8 Å². The van der Waals surface area contributed by atoms with E-state index in [1.165, 1.54) is 13.1 Å². The number of halogens is 2. The molecule has 0 fully saturated rings. The number of aromatic nitrogens is 3. The minimum absolute atomic E-state index is 0.0312. The third-order valence-corrected chi connectivity index (χ3v) is 3.96. The number of nitrogens with one attached hydrogen (secondary N) is 4. The first-order valence-corrected chi connectivity index (χ1v) is 8.33. The lowest BCUT2D eigenvalue weighted by molar-refractivity contribution is -0.121. The highest BCUT2D eigenvalue weighted by atomic mass is 79.9. The van der Waals surface area contributed by atoms with Crippen LogP contribution in [0.1, 0.15) is 12.5 Å². The lowest BCUT2D eigenvalue weighted by Crippen LogP contribution is -2.38. The molecule has 2 rings (SSSR count). The maximum absolute atomic E-state index is 12.0. The van der Waals surface area contributed by atoms with E-state index in [4.69, 9.17) is 0 Å². The number of hydrazone groups is 1. The van der Waals surface area contributed by atoms with Crippen LogP contribution in [0.4, 0.5) is 5.82 Å². The number of phenolic OH excluding ortho intramolecular Hbond substituents is 1. The van der Waals surface area contributed by atoms with Crippen LogP contribution in [-0.2, 0) is 4.79 Å². The SMILES string of the molecule is CC(Nc1n[nH]c(=O)[nH]c1=O)C(=O)N/N=C/c1cc(Br)cc(Br)c1O. The van der Waals surface area contributed by atoms with Gasteiger partial charge in [-0.1, -0.05) is 15.9 Å². The van der Waals surface area contributed by atoms with Crippen molar-refractivity contribution in [2.75, 3.05) is 5.32 Å². The molecule has 1 unspecified atom stereocenters. The first-order valence-electron chi connectivity index (χ1n) is 6.74. The molecule has 0 spiro atoms. The lowest BCUT2D eigenvalue weighted by atomic mass is 10.2. The van der Waals surface area contributed by atoms with Gasteiger partial charge in [-0.15, -0.1) is 5.10 Å². The highest BCUT2D eigenvalue weighted by Crippen LogP contribution is 2.30. The van der Waals surface area contributed by atoms with Gasteiger partial charge in [0.15, 0.2) is 0 Å². The monoisotopic (exact) mass is 474 g/mol. The molecule has 1 heterocycles. The summed E-state index contributed by atoms with van der Waals surface area (Å²) in [5.41, 5.74) is 1.13. The first-order chi connectivity index (χ1) is 11.8. The zero-order valence-corrected chi connectivity index (χ0v) is 15.8. The van der Waals surface area contributed by atoms with Gasteiger partial charge in [-0.05, 0) is 35.0 Å². The van der Waals surface area contributed by atoms with Gasteiger partial charge in [0.25, 0.3) is 11.5 Å². The van der Waals surface area contributed by atoms with Crippen LogP contribution in [0.15, 0.2) is 35.8 Å². The number of amides is 1. The molecular weight excluding hydrogens is 464 g/mol. The quantitative estimate of drug-likeness (QED) is 0.316. The fourth-order valence-corrected chi connectivity index (χ4v) is 2.92. The van der Waals surface area contributed by atoms with Gasteiger partial charge in [-0.3, -0.25) is 14.6 Å². The normalized spacial score (nSPS) is 12.1. The molecule has 0 aliphatic heterocycles. The predicted octanol–water partition coefficient (Wildman–Crippen LogP) is 0.640. The fourth-order valence-electron chi connectivity index (χ4n) is 1.66. The highest BCUT2D eigenvalue weighted by molar-refractivity contribution is 9.11. The zero-order chi connectivity index (χ0) is 18.6. The summed E-state index contributed by atoms with van der Waals surface area (Å²) in [6.45, 7) is 1.48. The topological polar surface area (TPSA) is 152 Å². The summed E-state index contributed by atoms with van der Waals surface area (Å²) < 4.78 is 1.18. The average molecular weight is 476 g/mol. The molecule has 1 atom stereocenters. The van der Waals surface area contributed by atoms with Crippen molar-refractivity contribution >= 4 is 49.8 Å². The molecule has 1 aromatic carbocycles. The molecule has 10 nitrogen and oxygen atoms in total. The maximum Gasteiger partial charge on any atom is 0.342 e. The number of carbonyl (C=O) groups is 1. The summed E-state index contributed by atoms with van der Waals surface area (Å²) >= 11 is 6.46. The van der Waals surface area contributed by atoms with E-state index in [0.717, 1.165) is 0 Å². The van der Waals surface area contributed by atoms with Gasteiger partial charge >= 0.3 is 5.69 Å². The van der Waals surface area contributed by atoms with Crippen LogP contribution in [0.2, 0.25) is 0 Å². The van der Waals surface area contributed by atoms with Gasteiger partial charge in [0.2, 0.25) is 5.82 Å². The number of carbonyl (C=O) groups excluding carboxylic acids is 1. The summed E-state index contributed by atoms with van der Waals surface area (Å²) in [6, 6.07) is 2.41. The van der Waals surface area contributed by atoms with Crippen LogP contribution >= 0.6 is 31.9 Å². The van der Waals surface area contributed by atoms with E-state index in [1.54, 1.807) is 12.1 Å². The minimum atomic E-state index is -0.862. The second-order valence-corrected chi connectivity index (χ2v) is 6.55. The molecule has 25 heavy (non-hydrogen) atoms. The molecule has 0 saturated heterocycles. The van der Waals surface area contributed by atoms with Crippen molar-refractivity contribution in [1.29, 1.82) is 0 Å². The molecule has 0 aliphatic rings. The summed E-state index contributed by atoms with van der Waals surface area (Å²) in [4.78, 5) is 36.3. The van der Waals surface area contributed by atoms with E-state index < -0.39 is 23.2 Å². The van der Waals surface area contributed by atoms with Crippen molar-refractivity contribution < 1.29 is 9.90 Å². The Hall–Kier alpha value is -2.47. The van der Waals surface area contributed by atoms with Crippen molar-refractivity contribution in [2.24, 2.45) is 5.10 Å². The Bertz CT molecular complexity index is 939. The van der Waals surface area contributed by atoms with Crippen molar-refractivity contribution in [3.05, 3.63) is 47.5 Å². The number of H-pyrrole nitrogens is 2. The van der Waals surface area contributed by atoms with E-state index in [9.17, 15) is 19.5 Å². The van der Waals surface area contributed by atoms with Gasteiger partial charge in [0.05, 0.1) is 10.7 Å². The van der Waals surface area contributed by atoms with E-state index >= 15 is 0 Å². The van der Waals surface area contributed by atoms with Crippen molar-refractivity contribution in [1.82, 2.24) is 20.6 Å². The number of benzene rings is 1. The minimum Gasteiger partial charge on any atom is -0.506 e.